The Bertz CT molecular complexity index is 291. The highest BCUT2D eigenvalue weighted by Gasteiger charge is 2.27. The summed E-state index contributed by atoms with van der Waals surface area (Å²) in [5.74, 6) is 0.386. The lowest BCUT2D eigenvalue weighted by Crippen LogP contribution is -2.38. The van der Waals surface area contributed by atoms with Gasteiger partial charge in [0.05, 0.1) is 11.0 Å². The average Bonchev–Trinajstić information content (AvgIpc) is 2.29. The molecule has 0 amide bonds. The summed E-state index contributed by atoms with van der Waals surface area (Å²) >= 11 is 0. The van der Waals surface area contributed by atoms with Crippen molar-refractivity contribution in [2.75, 3.05) is 31.9 Å². The molecule has 0 bridgehead atoms. The fourth-order valence-corrected chi connectivity index (χ4v) is 3.99. The fourth-order valence-electron chi connectivity index (χ4n) is 2.15. The Morgan fingerprint density at radius 2 is 1.88 bits per heavy atom. The highest BCUT2D eigenvalue weighted by atomic mass is 32.2. The van der Waals surface area contributed by atoms with E-state index in [1.807, 2.05) is 0 Å². The van der Waals surface area contributed by atoms with Gasteiger partial charge in [-0.1, -0.05) is 13.3 Å². The van der Waals surface area contributed by atoms with E-state index < -0.39 is 9.84 Å². The molecule has 1 fully saturated rings. The Balaban J connectivity index is 2.05. The molecule has 1 rings (SSSR count). The summed E-state index contributed by atoms with van der Waals surface area (Å²) in [5, 5.41) is 6.46. The predicted octanol–water partition coefficient (Wildman–Crippen LogP) is 0.933. The van der Waals surface area contributed by atoms with Gasteiger partial charge in [-0.2, -0.15) is 0 Å². The SMILES string of the molecule is CCCNCCCNCC1CCCCS1(=O)=O. The molecule has 2 N–H and O–H groups in total. The van der Waals surface area contributed by atoms with Crippen LogP contribution in [0.2, 0.25) is 0 Å². The second kappa shape index (κ2) is 8.06. The van der Waals surface area contributed by atoms with Gasteiger partial charge in [-0.05, 0) is 45.3 Å². The summed E-state index contributed by atoms with van der Waals surface area (Å²) in [6.45, 7) is 5.77. The molecule has 102 valence electrons. The van der Waals surface area contributed by atoms with E-state index in [4.69, 9.17) is 0 Å². The monoisotopic (exact) mass is 262 g/mol. The van der Waals surface area contributed by atoms with Crippen LogP contribution in [-0.2, 0) is 9.84 Å². The maximum atomic E-state index is 11.7. The Kier molecular flexibility index (Phi) is 7.08. The lowest BCUT2D eigenvalue weighted by atomic mass is 10.2. The summed E-state index contributed by atoms with van der Waals surface area (Å²) in [6, 6.07) is 0. The molecule has 17 heavy (non-hydrogen) atoms. The number of nitrogens with one attached hydrogen (secondary N) is 2. The molecule has 0 aromatic rings. The standard InChI is InChI=1S/C12H26N2O2S/c1-2-7-13-8-5-9-14-11-12-6-3-4-10-17(12,15)16/h12-14H,2-11H2,1H3. The molecule has 0 spiro atoms. The van der Waals surface area contributed by atoms with Gasteiger partial charge in [0.25, 0.3) is 0 Å². The first kappa shape index (κ1) is 14.9. The third-order valence-corrected chi connectivity index (χ3v) is 5.49. The second-order valence-corrected chi connectivity index (χ2v) is 7.19. The average molecular weight is 262 g/mol. The summed E-state index contributed by atoms with van der Waals surface area (Å²) in [6.07, 6.45) is 4.97. The summed E-state index contributed by atoms with van der Waals surface area (Å²) < 4.78 is 23.5. The van der Waals surface area contributed by atoms with Crippen molar-refractivity contribution < 1.29 is 8.42 Å². The molecule has 5 heteroatoms. The molecule has 0 aliphatic carbocycles. The Hall–Kier alpha value is -0.130. The van der Waals surface area contributed by atoms with Crippen LogP contribution in [0.1, 0.15) is 39.0 Å². The predicted molar refractivity (Wildman–Crippen MR) is 72.1 cm³/mol. The van der Waals surface area contributed by atoms with Gasteiger partial charge >= 0.3 is 0 Å². The first-order valence-corrected chi connectivity index (χ1v) is 8.51. The fraction of sp³-hybridized carbons (Fsp3) is 1.00. The minimum absolute atomic E-state index is 0.139. The lowest BCUT2D eigenvalue weighted by Gasteiger charge is -2.22. The van der Waals surface area contributed by atoms with Crippen LogP contribution in [0, 0.1) is 0 Å². The third kappa shape index (κ3) is 5.84. The van der Waals surface area contributed by atoms with Gasteiger partial charge in [-0.15, -0.1) is 0 Å². The van der Waals surface area contributed by atoms with E-state index in [9.17, 15) is 8.42 Å². The van der Waals surface area contributed by atoms with Crippen molar-refractivity contribution >= 4 is 9.84 Å². The zero-order valence-electron chi connectivity index (χ0n) is 10.9. The molecule has 0 radical (unpaired) electrons. The van der Waals surface area contributed by atoms with Crippen molar-refractivity contribution in [2.24, 2.45) is 0 Å². The van der Waals surface area contributed by atoms with Gasteiger partial charge in [0.1, 0.15) is 0 Å². The van der Waals surface area contributed by atoms with Crippen LogP contribution in [0.5, 0.6) is 0 Å². The van der Waals surface area contributed by atoms with Crippen molar-refractivity contribution in [1.82, 2.24) is 10.6 Å². The van der Waals surface area contributed by atoms with Crippen LogP contribution < -0.4 is 10.6 Å². The Labute approximate surface area is 105 Å². The summed E-state index contributed by atoms with van der Waals surface area (Å²) in [7, 11) is -2.80. The van der Waals surface area contributed by atoms with Gasteiger partial charge in [0.2, 0.25) is 0 Å². The van der Waals surface area contributed by atoms with Crippen molar-refractivity contribution in [3.05, 3.63) is 0 Å². The topological polar surface area (TPSA) is 58.2 Å². The van der Waals surface area contributed by atoms with E-state index in [0.717, 1.165) is 51.7 Å². The van der Waals surface area contributed by atoms with Gasteiger partial charge in [-0.3, -0.25) is 0 Å². The molecule has 4 nitrogen and oxygen atoms in total. The van der Waals surface area contributed by atoms with E-state index >= 15 is 0 Å². The zero-order valence-corrected chi connectivity index (χ0v) is 11.7. The third-order valence-electron chi connectivity index (χ3n) is 3.22. The van der Waals surface area contributed by atoms with Crippen molar-refractivity contribution in [2.45, 2.75) is 44.3 Å². The highest BCUT2D eigenvalue weighted by Crippen LogP contribution is 2.18. The highest BCUT2D eigenvalue weighted by molar-refractivity contribution is 7.92. The van der Waals surface area contributed by atoms with Gasteiger partial charge in [0, 0.05) is 6.54 Å². The van der Waals surface area contributed by atoms with Crippen molar-refractivity contribution in [3.63, 3.8) is 0 Å². The summed E-state index contributed by atoms with van der Waals surface area (Å²) in [5.41, 5.74) is 0. The Morgan fingerprint density at radius 3 is 2.59 bits per heavy atom. The maximum Gasteiger partial charge on any atom is 0.154 e. The Morgan fingerprint density at radius 1 is 1.12 bits per heavy atom. The van der Waals surface area contributed by atoms with E-state index in [0.29, 0.717) is 12.3 Å². The molecular weight excluding hydrogens is 236 g/mol. The first-order valence-electron chi connectivity index (χ1n) is 6.80. The minimum atomic E-state index is -2.80. The molecule has 1 aliphatic rings. The molecule has 1 heterocycles. The van der Waals surface area contributed by atoms with Crippen LogP contribution in [-0.4, -0.2) is 45.6 Å². The van der Waals surface area contributed by atoms with Crippen LogP contribution in [0.3, 0.4) is 0 Å². The van der Waals surface area contributed by atoms with Gasteiger partial charge in [0.15, 0.2) is 9.84 Å². The van der Waals surface area contributed by atoms with Gasteiger partial charge in [-0.25, -0.2) is 8.42 Å². The zero-order chi connectivity index (χ0) is 12.6. The molecule has 1 saturated heterocycles. The molecule has 1 unspecified atom stereocenters. The van der Waals surface area contributed by atoms with Crippen molar-refractivity contribution in [3.8, 4) is 0 Å². The molecule has 0 aromatic heterocycles. The molecule has 1 aliphatic heterocycles. The van der Waals surface area contributed by atoms with Crippen LogP contribution in [0.4, 0.5) is 0 Å². The smallest absolute Gasteiger partial charge is 0.154 e. The van der Waals surface area contributed by atoms with E-state index in [1.165, 1.54) is 0 Å². The quantitative estimate of drug-likeness (QED) is 0.639. The second-order valence-electron chi connectivity index (χ2n) is 4.79. The summed E-state index contributed by atoms with van der Waals surface area (Å²) in [4.78, 5) is 0. The van der Waals surface area contributed by atoms with Crippen molar-refractivity contribution in [1.29, 1.82) is 0 Å². The first-order chi connectivity index (χ1) is 8.17. The van der Waals surface area contributed by atoms with E-state index in [2.05, 4.69) is 17.6 Å². The van der Waals surface area contributed by atoms with Crippen LogP contribution >= 0.6 is 0 Å². The van der Waals surface area contributed by atoms with Crippen LogP contribution in [0.25, 0.3) is 0 Å². The maximum absolute atomic E-state index is 11.7. The molecule has 0 aromatic carbocycles. The number of rotatable bonds is 8. The minimum Gasteiger partial charge on any atom is -0.317 e. The van der Waals surface area contributed by atoms with Crippen LogP contribution in [0.15, 0.2) is 0 Å². The number of hydrogen-bond acceptors (Lipinski definition) is 4. The van der Waals surface area contributed by atoms with E-state index in [-0.39, 0.29) is 5.25 Å². The molecule has 1 atom stereocenters. The normalized spacial score (nSPS) is 23.7. The molecule has 0 saturated carbocycles. The lowest BCUT2D eigenvalue weighted by molar-refractivity contribution is 0.514. The van der Waals surface area contributed by atoms with Gasteiger partial charge < -0.3 is 10.6 Å². The van der Waals surface area contributed by atoms with E-state index in [1.54, 1.807) is 0 Å². The molecular formula is C12H26N2O2S. The number of hydrogen-bond donors (Lipinski definition) is 2. The number of sulfone groups is 1. The largest absolute Gasteiger partial charge is 0.317 e.